The molecular formula is C14H19NO3. The van der Waals surface area contributed by atoms with Crippen molar-refractivity contribution in [2.45, 2.75) is 33.2 Å². The molecule has 0 saturated carbocycles. The molecule has 0 bridgehead atoms. The first-order valence-corrected chi connectivity index (χ1v) is 5.99. The molecule has 0 saturated heterocycles. The summed E-state index contributed by atoms with van der Waals surface area (Å²) < 4.78 is 0. The van der Waals surface area contributed by atoms with Crippen LogP contribution >= 0.6 is 0 Å². The Morgan fingerprint density at radius 2 is 2.00 bits per heavy atom. The van der Waals surface area contributed by atoms with E-state index in [1.165, 1.54) is 0 Å². The number of rotatable bonds is 5. The van der Waals surface area contributed by atoms with E-state index in [0.29, 0.717) is 6.42 Å². The van der Waals surface area contributed by atoms with Crippen molar-refractivity contribution in [1.82, 2.24) is 5.32 Å². The van der Waals surface area contributed by atoms with Gasteiger partial charge in [0.05, 0.1) is 0 Å². The lowest BCUT2D eigenvalue weighted by Gasteiger charge is -2.16. The highest BCUT2D eigenvalue weighted by atomic mass is 16.4. The van der Waals surface area contributed by atoms with Gasteiger partial charge in [-0.3, -0.25) is 4.79 Å². The predicted octanol–water partition coefficient (Wildman–Crippen LogP) is 1.76. The maximum absolute atomic E-state index is 11.5. The molecular weight excluding hydrogens is 230 g/mol. The summed E-state index contributed by atoms with van der Waals surface area (Å²) in [5, 5.41) is 11.7. The Morgan fingerprint density at radius 1 is 1.33 bits per heavy atom. The summed E-state index contributed by atoms with van der Waals surface area (Å²) in [6, 6.07) is 6.75. The van der Waals surface area contributed by atoms with Crippen LogP contribution in [0.5, 0.6) is 0 Å². The van der Waals surface area contributed by atoms with Crippen molar-refractivity contribution in [2.75, 3.05) is 0 Å². The fourth-order valence-electron chi connectivity index (χ4n) is 1.61. The van der Waals surface area contributed by atoms with Crippen molar-refractivity contribution in [3.63, 3.8) is 0 Å². The van der Waals surface area contributed by atoms with Crippen LogP contribution < -0.4 is 5.32 Å². The first-order valence-electron chi connectivity index (χ1n) is 5.99. The Bertz CT molecular complexity index is 440. The summed E-state index contributed by atoms with van der Waals surface area (Å²) >= 11 is 0. The molecule has 0 aromatic heterocycles. The maximum Gasteiger partial charge on any atom is 0.326 e. The Morgan fingerprint density at radius 3 is 2.50 bits per heavy atom. The topological polar surface area (TPSA) is 66.4 Å². The summed E-state index contributed by atoms with van der Waals surface area (Å²) in [4.78, 5) is 22.7. The average Bonchev–Trinajstić information content (AvgIpc) is 2.27. The van der Waals surface area contributed by atoms with E-state index in [0.717, 1.165) is 11.1 Å². The smallest absolute Gasteiger partial charge is 0.326 e. The van der Waals surface area contributed by atoms with Gasteiger partial charge in [-0.1, -0.05) is 43.7 Å². The van der Waals surface area contributed by atoms with E-state index in [1.54, 1.807) is 13.8 Å². The lowest BCUT2D eigenvalue weighted by molar-refractivity contribution is -0.142. The molecule has 0 aliphatic rings. The molecule has 0 aliphatic heterocycles. The van der Waals surface area contributed by atoms with Crippen molar-refractivity contribution in [3.05, 3.63) is 35.4 Å². The van der Waals surface area contributed by atoms with E-state index in [-0.39, 0.29) is 11.8 Å². The van der Waals surface area contributed by atoms with Gasteiger partial charge in [-0.15, -0.1) is 0 Å². The van der Waals surface area contributed by atoms with Crippen molar-refractivity contribution in [1.29, 1.82) is 0 Å². The minimum absolute atomic E-state index is 0.218. The van der Waals surface area contributed by atoms with Gasteiger partial charge in [0.1, 0.15) is 6.04 Å². The molecule has 2 N–H and O–H groups in total. The fraction of sp³-hybridized carbons (Fsp3) is 0.429. The number of carboxylic acid groups (broad SMARTS) is 1. The van der Waals surface area contributed by atoms with Gasteiger partial charge in [0.25, 0.3) is 0 Å². The maximum atomic E-state index is 11.5. The molecule has 4 heteroatoms. The van der Waals surface area contributed by atoms with Crippen LogP contribution in [0.2, 0.25) is 0 Å². The number of carbonyl (C=O) groups excluding carboxylic acids is 1. The van der Waals surface area contributed by atoms with E-state index in [9.17, 15) is 9.59 Å². The summed E-state index contributed by atoms with van der Waals surface area (Å²) in [5.41, 5.74) is 1.98. The van der Waals surface area contributed by atoms with Crippen LogP contribution in [0.1, 0.15) is 25.0 Å². The predicted molar refractivity (Wildman–Crippen MR) is 69.3 cm³/mol. The second-order valence-corrected chi connectivity index (χ2v) is 4.75. The normalized spacial score (nSPS) is 12.2. The van der Waals surface area contributed by atoms with E-state index >= 15 is 0 Å². The van der Waals surface area contributed by atoms with Crippen LogP contribution in [0.25, 0.3) is 0 Å². The number of carboxylic acids is 1. The zero-order chi connectivity index (χ0) is 13.7. The van der Waals surface area contributed by atoms with E-state index in [2.05, 4.69) is 5.32 Å². The molecule has 1 aromatic carbocycles. The zero-order valence-electron chi connectivity index (χ0n) is 10.9. The second-order valence-electron chi connectivity index (χ2n) is 4.75. The quantitative estimate of drug-likeness (QED) is 0.835. The molecule has 0 radical (unpaired) electrons. The summed E-state index contributed by atoms with van der Waals surface area (Å²) in [7, 11) is 0. The summed E-state index contributed by atoms with van der Waals surface area (Å²) in [6.45, 7) is 5.42. The molecule has 98 valence electrons. The fourth-order valence-corrected chi connectivity index (χ4v) is 1.61. The first kappa shape index (κ1) is 14.2. The van der Waals surface area contributed by atoms with Crippen molar-refractivity contribution < 1.29 is 14.7 Å². The SMILES string of the molecule is Cc1cccc(C[C@H](NC(=O)C(C)C)C(=O)O)c1. The van der Waals surface area contributed by atoms with Crippen molar-refractivity contribution in [2.24, 2.45) is 5.92 Å². The van der Waals surface area contributed by atoms with Gasteiger partial charge in [-0.05, 0) is 12.5 Å². The van der Waals surface area contributed by atoms with Crippen molar-refractivity contribution in [3.8, 4) is 0 Å². The van der Waals surface area contributed by atoms with Crippen LogP contribution in [0, 0.1) is 12.8 Å². The number of hydrogen-bond acceptors (Lipinski definition) is 2. The zero-order valence-corrected chi connectivity index (χ0v) is 10.9. The molecule has 0 unspecified atom stereocenters. The monoisotopic (exact) mass is 249 g/mol. The number of benzene rings is 1. The highest BCUT2D eigenvalue weighted by Gasteiger charge is 2.21. The van der Waals surface area contributed by atoms with E-state index in [1.807, 2.05) is 31.2 Å². The third-order valence-electron chi connectivity index (χ3n) is 2.66. The molecule has 1 aromatic rings. The number of nitrogens with one attached hydrogen (secondary N) is 1. The standard InChI is InChI=1S/C14H19NO3/c1-9(2)13(16)15-12(14(17)18)8-11-6-4-5-10(3)7-11/h4-7,9,12H,8H2,1-3H3,(H,15,16)(H,17,18)/t12-/m0/s1. The molecule has 18 heavy (non-hydrogen) atoms. The third kappa shape index (κ3) is 4.20. The Balaban J connectivity index is 2.75. The third-order valence-corrected chi connectivity index (χ3v) is 2.66. The molecule has 0 heterocycles. The lowest BCUT2D eigenvalue weighted by atomic mass is 10.0. The minimum Gasteiger partial charge on any atom is -0.480 e. The number of aliphatic carboxylic acids is 1. The molecule has 0 fully saturated rings. The van der Waals surface area contributed by atoms with E-state index < -0.39 is 12.0 Å². The second kappa shape index (κ2) is 6.19. The number of hydrogen-bond donors (Lipinski definition) is 2. The Labute approximate surface area is 107 Å². The number of aryl methyl sites for hydroxylation is 1. The lowest BCUT2D eigenvalue weighted by Crippen LogP contribution is -2.44. The average molecular weight is 249 g/mol. The van der Waals surface area contributed by atoms with Gasteiger partial charge < -0.3 is 10.4 Å². The molecule has 1 amide bonds. The van der Waals surface area contributed by atoms with Crippen LogP contribution in [0.4, 0.5) is 0 Å². The van der Waals surface area contributed by atoms with Gasteiger partial charge >= 0.3 is 5.97 Å². The Hall–Kier alpha value is -1.84. The van der Waals surface area contributed by atoms with Gasteiger partial charge in [0.2, 0.25) is 5.91 Å². The number of carbonyl (C=O) groups is 2. The van der Waals surface area contributed by atoms with Crippen LogP contribution in [0.15, 0.2) is 24.3 Å². The Kier molecular flexibility index (Phi) is 4.89. The van der Waals surface area contributed by atoms with Crippen LogP contribution in [0.3, 0.4) is 0 Å². The highest BCUT2D eigenvalue weighted by molar-refractivity contribution is 5.84. The molecule has 1 rings (SSSR count). The van der Waals surface area contributed by atoms with Crippen LogP contribution in [-0.2, 0) is 16.0 Å². The van der Waals surface area contributed by atoms with Crippen LogP contribution in [-0.4, -0.2) is 23.0 Å². The summed E-state index contributed by atoms with van der Waals surface area (Å²) in [6.07, 6.45) is 0.301. The molecule has 0 spiro atoms. The van der Waals surface area contributed by atoms with Gasteiger partial charge in [-0.2, -0.15) is 0 Å². The van der Waals surface area contributed by atoms with Gasteiger partial charge in [0.15, 0.2) is 0 Å². The first-order chi connectivity index (χ1) is 8.40. The molecule has 0 aliphatic carbocycles. The summed E-state index contributed by atoms with van der Waals surface area (Å²) in [5.74, 6) is -1.47. The number of amides is 1. The van der Waals surface area contributed by atoms with Crippen molar-refractivity contribution >= 4 is 11.9 Å². The molecule has 1 atom stereocenters. The highest BCUT2D eigenvalue weighted by Crippen LogP contribution is 2.08. The largest absolute Gasteiger partial charge is 0.480 e. The van der Waals surface area contributed by atoms with Gasteiger partial charge in [-0.25, -0.2) is 4.79 Å². The molecule has 4 nitrogen and oxygen atoms in total. The minimum atomic E-state index is -1.01. The van der Waals surface area contributed by atoms with Gasteiger partial charge in [0, 0.05) is 12.3 Å². The van der Waals surface area contributed by atoms with E-state index in [4.69, 9.17) is 5.11 Å².